The lowest BCUT2D eigenvalue weighted by atomic mass is 9.94. The topological polar surface area (TPSA) is 92.4 Å². The summed E-state index contributed by atoms with van der Waals surface area (Å²) in [4.78, 5) is 27.4. The number of oxazole rings is 1. The van der Waals surface area contributed by atoms with Crippen molar-refractivity contribution in [3.05, 3.63) is 41.8 Å². The number of benzene rings is 1. The summed E-state index contributed by atoms with van der Waals surface area (Å²) in [5.74, 6) is -0.991. The van der Waals surface area contributed by atoms with Gasteiger partial charge in [-0.2, -0.15) is 0 Å². The van der Waals surface area contributed by atoms with Crippen LogP contribution >= 0.6 is 0 Å². The molecule has 0 aliphatic carbocycles. The van der Waals surface area contributed by atoms with Crippen LogP contribution in [0.25, 0.3) is 11.5 Å². The summed E-state index contributed by atoms with van der Waals surface area (Å²) in [6, 6.07) is 9.25. The van der Waals surface area contributed by atoms with Crippen LogP contribution in [0.3, 0.4) is 0 Å². The van der Waals surface area contributed by atoms with Crippen molar-refractivity contribution in [1.29, 1.82) is 0 Å². The fourth-order valence-electron chi connectivity index (χ4n) is 1.77. The average Bonchev–Trinajstić information content (AvgIpc) is 2.88. The van der Waals surface area contributed by atoms with Crippen LogP contribution in [-0.4, -0.2) is 28.5 Å². The van der Waals surface area contributed by atoms with Crippen LogP contribution in [-0.2, 0) is 4.79 Å². The molecule has 0 unspecified atom stereocenters. The molecule has 116 valence electrons. The molecular formula is C16H18N2O4. The quantitative estimate of drug-likeness (QED) is 0.885. The van der Waals surface area contributed by atoms with E-state index in [4.69, 9.17) is 9.52 Å². The van der Waals surface area contributed by atoms with Crippen molar-refractivity contribution in [2.45, 2.75) is 20.8 Å². The Balaban J connectivity index is 2.15. The van der Waals surface area contributed by atoms with Gasteiger partial charge in [-0.1, -0.05) is 18.2 Å². The number of carbonyl (C=O) groups is 2. The molecule has 2 rings (SSSR count). The number of nitrogens with zero attached hydrogens (tertiary/aromatic N) is 1. The molecule has 0 atom stereocenters. The van der Waals surface area contributed by atoms with Crippen LogP contribution in [0.2, 0.25) is 0 Å². The second kappa shape index (κ2) is 6.01. The average molecular weight is 302 g/mol. The van der Waals surface area contributed by atoms with E-state index in [1.54, 1.807) is 6.92 Å². The first-order valence-corrected chi connectivity index (χ1v) is 6.86. The highest BCUT2D eigenvalue weighted by Crippen LogP contribution is 2.21. The second-order valence-electron chi connectivity index (χ2n) is 5.67. The molecule has 2 aromatic rings. The van der Waals surface area contributed by atoms with Crippen LogP contribution in [0.5, 0.6) is 0 Å². The van der Waals surface area contributed by atoms with E-state index in [0.29, 0.717) is 11.6 Å². The predicted octanol–water partition coefficient (Wildman–Crippen LogP) is 2.49. The number of carboxylic acids is 1. The third-order valence-electron chi connectivity index (χ3n) is 3.29. The number of aryl methyl sites for hydroxylation is 1. The van der Waals surface area contributed by atoms with E-state index >= 15 is 0 Å². The van der Waals surface area contributed by atoms with Crippen molar-refractivity contribution >= 4 is 11.9 Å². The highest BCUT2D eigenvalue weighted by molar-refractivity contribution is 5.93. The van der Waals surface area contributed by atoms with Gasteiger partial charge in [0, 0.05) is 12.1 Å². The van der Waals surface area contributed by atoms with Crippen molar-refractivity contribution in [2.75, 3.05) is 6.54 Å². The molecule has 0 aliphatic rings. The SMILES string of the molecule is Cc1nc(-c2ccccc2)oc1C(=O)NCC(C)(C)C(=O)O. The molecule has 1 amide bonds. The van der Waals surface area contributed by atoms with Gasteiger partial charge in [-0.3, -0.25) is 9.59 Å². The third-order valence-corrected chi connectivity index (χ3v) is 3.29. The monoisotopic (exact) mass is 302 g/mol. The first-order valence-electron chi connectivity index (χ1n) is 6.86. The summed E-state index contributed by atoms with van der Waals surface area (Å²) in [6.45, 7) is 4.76. The van der Waals surface area contributed by atoms with Crippen LogP contribution in [0.1, 0.15) is 30.1 Å². The zero-order valence-corrected chi connectivity index (χ0v) is 12.7. The maximum absolute atomic E-state index is 12.1. The Morgan fingerprint density at radius 1 is 1.27 bits per heavy atom. The molecule has 6 heteroatoms. The van der Waals surface area contributed by atoms with Crippen molar-refractivity contribution in [1.82, 2.24) is 10.3 Å². The highest BCUT2D eigenvalue weighted by atomic mass is 16.4. The van der Waals surface area contributed by atoms with Gasteiger partial charge in [-0.15, -0.1) is 0 Å². The van der Waals surface area contributed by atoms with Gasteiger partial charge in [0.25, 0.3) is 5.91 Å². The molecule has 0 bridgehead atoms. The predicted molar refractivity (Wildman–Crippen MR) is 80.4 cm³/mol. The number of carboxylic acid groups (broad SMARTS) is 1. The molecule has 22 heavy (non-hydrogen) atoms. The molecular weight excluding hydrogens is 284 g/mol. The zero-order valence-electron chi connectivity index (χ0n) is 12.7. The Morgan fingerprint density at radius 2 is 1.91 bits per heavy atom. The number of rotatable bonds is 5. The van der Waals surface area contributed by atoms with Crippen molar-refractivity contribution in [3.63, 3.8) is 0 Å². The van der Waals surface area contributed by atoms with Gasteiger partial charge in [0.05, 0.1) is 11.1 Å². The fourth-order valence-corrected chi connectivity index (χ4v) is 1.77. The zero-order chi connectivity index (χ0) is 16.3. The minimum absolute atomic E-state index is 0.00196. The molecule has 0 aliphatic heterocycles. The molecule has 0 spiro atoms. The summed E-state index contributed by atoms with van der Waals surface area (Å²) in [5.41, 5.74) is 0.186. The number of nitrogens with one attached hydrogen (secondary N) is 1. The highest BCUT2D eigenvalue weighted by Gasteiger charge is 2.28. The molecule has 0 radical (unpaired) electrons. The van der Waals surface area contributed by atoms with E-state index in [0.717, 1.165) is 5.56 Å². The Morgan fingerprint density at radius 3 is 2.50 bits per heavy atom. The van der Waals surface area contributed by atoms with E-state index in [-0.39, 0.29) is 12.3 Å². The molecule has 1 heterocycles. The molecule has 0 saturated heterocycles. The standard InChI is InChI=1S/C16H18N2O4/c1-10-12(13(19)17-9-16(2,3)15(20)21)22-14(18-10)11-7-5-4-6-8-11/h4-8H,9H2,1-3H3,(H,17,19)(H,20,21). The first kappa shape index (κ1) is 15.8. The lowest BCUT2D eigenvalue weighted by molar-refractivity contribution is -0.146. The number of hydrogen-bond acceptors (Lipinski definition) is 4. The van der Waals surface area contributed by atoms with Crippen molar-refractivity contribution in [2.24, 2.45) is 5.41 Å². The molecule has 0 saturated carbocycles. The molecule has 1 aromatic carbocycles. The second-order valence-corrected chi connectivity index (χ2v) is 5.67. The van der Waals surface area contributed by atoms with Crippen LogP contribution < -0.4 is 5.32 Å². The smallest absolute Gasteiger partial charge is 0.310 e. The van der Waals surface area contributed by atoms with E-state index < -0.39 is 17.3 Å². The van der Waals surface area contributed by atoms with Crippen molar-refractivity contribution in [3.8, 4) is 11.5 Å². The number of aromatic nitrogens is 1. The Labute approximate surface area is 128 Å². The lowest BCUT2D eigenvalue weighted by Crippen LogP contribution is -2.38. The van der Waals surface area contributed by atoms with Gasteiger partial charge in [-0.25, -0.2) is 4.98 Å². The van der Waals surface area contributed by atoms with Gasteiger partial charge < -0.3 is 14.8 Å². The number of carbonyl (C=O) groups excluding carboxylic acids is 1. The van der Waals surface area contributed by atoms with Gasteiger partial charge in [0.1, 0.15) is 0 Å². The van der Waals surface area contributed by atoms with E-state index in [1.165, 1.54) is 13.8 Å². The maximum Gasteiger partial charge on any atom is 0.310 e. The Kier molecular flexibility index (Phi) is 4.30. The number of hydrogen-bond donors (Lipinski definition) is 2. The van der Waals surface area contributed by atoms with Gasteiger partial charge in [0.15, 0.2) is 0 Å². The van der Waals surface area contributed by atoms with Crippen molar-refractivity contribution < 1.29 is 19.1 Å². The van der Waals surface area contributed by atoms with Gasteiger partial charge >= 0.3 is 5.97 Å². The lowest BCUT2D eigenvalue weighted by Gasteiger charge is -2.18. The third kappa shape index (κ3) is 3.33. The van der Waals surface area contributed by atoms with E-state index in [9.17, 15) is 9.59 Å². The van der Waals surface area contributed by atoms with Crippen LogP contribution in [0.15, 0.2) is 34.7 Å². The van der Waals surface area contributed by atoms with E-state index in [2.05, 4.69) is 10.3 Å². The Hall–Kier alpha value is -2.63. The summed E-state index contributed by atoms with van der Waals surface area (Å²) < 4.78 is 5.52. The fraction of sp³-hybridized carbons (Fsp3) is 0.312. The first-order chi connectivity index (χ1) is 10.3. The molecule has 6 nitrogen and oxygen atoms in total. The van der Waals surface area contributed by atoms with Crippen LogP contribution in [0.4, 0.5) is 0 Å². The molecule has 2 N–H and O–H groups in total. The molecule has 1 aromatic heterocycles. The molecule has 0 fully saturated rings. The Bertz CT molecular complexity index is 689. The van der Waals surface area contributed by atoms with Gasteiger partial charge in [0.2, 0.25) is 11.7 Å². The maximum atomic E-state index is 12.1. The summed E-state index contributed by atoms with van der Waals surface area (Å²) in [7, 11) is 0. The van der Waals surface area contributed by atoms with Crippen LogP contribution in [0, 0.1) is 12.3 Å². The summed E-state index contributed by atoms with van der Waals surface area (Å²) in [6.07, 6.45) is 0. The summed E-state index contributed by atoms with van der Waals surface area (Å²) in [5, 5.41) is 11.6. The van der Waals surface area contributed by atoms with Gasteiger partial charge in [-0.05, 0) is 32.9 Å². The summed E-state index contributed by atoms with van der Waals surface area (Å²) >= 11 is 0. The number of amides is 1. The minimum atomic E-state index is -1.05. The normalized spacial score (nSPS) is 11.2. The minimum Gasteiger partial charge on any atom is -0.481 e. The van der Waals surface area contributed by atoms with E-state index in [1.807, 2.05) is 30.3 Å². The number of aliphatic carboxylic acids is 1. The largest absolute Gasteiger partial charge is 0.481 e.